The van der Waals surface area contributed by atoms with Crippen LogP contribution in [0.15, 0.2) is 30.3 Å². The fourth-order valence-electron chi connectivity index (χ4n) is 3.48. The number of rotatable bonds is 3. The van der Waals surface area contributed by atoms with Gasteiger partial charge in [0.25, 0.3) is 5.91 Å². The average Bonchev–Trinajstić information content (AvgIpc) is 3.24. The van der Waals surface area contributed by atoms with E-state index in [0.717, 1.165) is 40.2 Å². The van der Waals surface area contributed by atoms with Crippen molar-refractivity contribution >= 4 is 27.3 Å². The molecule has 1 aromatic carbocycles. The Bertz CT molecular complexity index is 884. The van der Waals surface area contributed by atoms with E-state index in [4.69, 9.17) is 0 Å². The van der Waals surface area contributed by atoms with E-state index in [-0.39, 0.29) is 18.4 Å². The van der Waals surface area contributed by atoms with Crippen LogP contribution in [0.2, 0.25) is 0 Å². The Morgan fingerprint density at radius 2 is 2.20 bits per heavy atom. The monoisotopic (exact) mass is 356 g/mol. The van der Waals surface area contributed by atoms with Crippen molar-refractivity contribution < 1.29 is 9.90 Å². The van der Waals surface area contributed by atoms with Gasteiger partial charge < -0.3 is 14.6 Å². The van der Waals surface area contributed by atoms with Crippen molar-refractivity contribution in [2.45, 2.75) is 25.4 Å². The number of amides is 1. The smallest absolute Gasteiger partial charge is 0.263 e. The Balaban J connectivity index is 1.56. The SMILES string of the molecule is Cn1c(CO)nnc1[C@H]1CCCN(C(=O)c2cc3ccccc3s2)C1. The summed E-state index contributed by atoms with van der Waals surface area (Å²) in [6.07, 6.45) is 1.93. The first-order chi connectivity index (χ1) is 12.2. The normalized spacial score (nSPS) is 18.0. The molecule has 1 N–H and O–H groups in total. The van der Waals surface area contributed by atoms with Crippen LogP contribution in [0.1, 0.15) is 40.1 Å². The lowest BCUT2D eigenvalue weighted by Gasteiger charge is -2.32. The highest BCUT2D eigenvalue weighted by atomic mass is 32.1. The lowest BCUT2D eigenvalue weighted by molar-refractivity contribution is 0.0708. The molecule has 0 bridgehead atoms. The maximum Gasteiger partial charge on any atom is 0.263 e. The lowest BCUT2D eigenvalue weighted by atomic mass is 9.97. The van der Waals surface area contributed by atoms with Crippen molar-refractivity contribution in [3.8, 4) is 0 Å². The molecule has 1 atom stereocenters. The van der Waals surface area contributed by atoms with E-state index in [1.165, 1.54) is 0 Å². The minimum absolute atomic E-state index is 0.0930. The molecular weight excluding hydrogens is 336 g/mol. The van der Waals surface area contributed by atoms with Crippen molar-refractivity contribution in [3.63, 3.8) is 0 Å². The van der Waals surface area contributed by atoms with Crippen LogP contribution >= 0.6 is 11.3 Å². The van der Waals surface area contributed by atoms with Crippen molar-refractivity contribution in [2.24, 2.45) is 7.05 Å². The molecule has 0 spiro atoms. The Hall–Kier alpha value is -2.25. The molecule has 3 heterocycles. The standard InChI is InChI=1S/C18H20N4O2S/c1-21-16(11-23)19-20-17(21)13-6-4-8-22(10-13)18(24)15-9-12-5-2-3-7-14(12)25-15/h2-3,5,7,9,13,23H,4,6,8,10-11H2,1H3/t13-/m0/s1. The van der Waals surface area contributed by atoms with E-state index >= 15 is 0 Å². The third-order valence-corrected chi connectivity index (χ3v) is 5.95. The molecule has 7 heteroatoms. The fraction of sp³-hybridized carbons (Fsp3) is 0.389. The molecule has 2 aromatic heterocycles. The van der Waals surface area contributed by atoms with Gasteiger partial charge in [-0.1, -0.05) is 18.2 Å². The molecule has 6 nitrogen and oxygen atoms in total. The number of hydrogen-bond acceptors (Lipinski definition) is 5. The third-order valence-electron chi connectivity index (χ3n) is 4.85. The van der Waals surface area contributed by atoms with Gasteiger partial charge in [0.1, 0.15) is 12.4 Å². The van der Waals surface area contributed by atoms with E-state index in [9.17, 15) is 9.90 Å². The Labute approximate surface area is 149 Å². The number of carbonyl (C=O) groups excluding carboxylic acids is 1. The van der Waals surface area contributed by atoms with E-state index in [1.54, 1.807) is 11.3 Å². The van der Waals surface area contributed by atoms with Gasteiger partial charge >= 0.3 is 0 Å². The number of aromatic nitrogens is 3. The predicted molar refractivity (Wildman–Crippen MR) is 96.6 cm³/mol. The summed E-state index contributed by atoms with van der Waals surface area (Å²) in [5.74, 6) is 1.65. The third kappa shape index (κ3) is 2.94. The number of fused-ring (bicyclic) bond motifs is 1. The molecule has 0 radical (unpaired) electrons. The van der Waals surface area contributed by atoms with Crippen LogP contribution in [-0.4, -0.2) is 43.8 Å². The summed E-state index contributed by atoms with van der Waals surface area (Å²) in [4.78, 5) is 15.7. The summed E-state index contributed by atoms with van der Waals surface area (Å²) < 4.78 is 2.98. The van der Waals surface area contributed by atoms with Gasteiger partial charge in [0, 0.05) is 30.8 Å². The number of aliphatic hydroxyl groups is 1. The number of piperidine rings is 1. The molecule has 1 aliphatic rings. The Morgan fingerprint density at radius 3 is 2.96 bits per heavy atom. The topological polar surface area (TPSA) is 71.2 Å². The van der Waals surface area contributed by atoms with E-state index in [1.807, 2.05) is 46.8 Å². The van der Waals surface area contributed by atoms with Gasteiger partial charge in [0.2, 0.25) is 0 Å². The van der Waals surface area contributed by atoms with E-state index in [0.29, 0.717) is 12.4 Å². The first-order valence-electron chi connectivity index (χ1n) is 8.44. The van der Waals surface area contributed by atoms with Gasteiger partial charge in [-0.15, -0.1) is 21.5 Å². The molecule has 25 heavy (non-hydrogen) atoms. The highest BCUT2D eigenvalue weighted by Crippen LogP contribution is 2.30. The highest BCUT2D eigenvalue weighted by Gasteiger charge is 2.29. The lowest BCUT2D eigenvalue weighted by Crippen LogP contribution is -2.39. The minimum Gasteiger partial charge on any atom is -0.388 e. The number of thiophene rings is 1. The van der Waals surface area contributed by atoms with Gasteiger partial charge in [-0.05, 0) is 30.4 Å². The molecule has 1 saturated heterocycles. The summed E-state index contributed by atoms with van der Waals surface area (Å²) in [7, 11) is 1.87. The molecule has 1 fully saturated rings. The zero-order chi connectivity index (χ0) is 17.4. The second-order valence-corrected chi connectivity index (χ2v) is 7.51. The average molecular weight is 356 g/mol. The van der Waals surface area contributed by atoms with Gasteiger partial charge in [-0.3, -0.25) is 4.79 Å². The zero-order valence-corrected chi connectivity index (χ0v) is 14.9. The molecule has 0 unspecified atom stereocenters. The van der Waals surface area contributed by atoms with E-state index < -0.39 is 0 Å². The molecule has 1 amide bonds. The largest absolute Gasteiger partial charge is 0.388 e. The number of likely N-dealkylation sites (tertiary alicyclic amines) is 1. The number of carbonyl (C=O) groups is 1. The van der Waals surface area contributed by atoms with Gasteiger partial charge in [0.05, 0.1) is 4.88 Å². The quantitative estimate of drug-likeness (QED) is 0.783. The number of nitrogens with zero attached hydrogens (tertiary/aromatic N) is 4. The van der Waals surface area contributed by atoms with Crippen LogP contribution in [0.3, 0.4) is 0 Å². The van der Waals surface area contributed by atoms with Crippen molar-refractivity contribution in [1.82, 2.24) is 19.7 Å². The fourth-order valence-corrected chi connectivity index (χ4v) is 4.51. The summed E-state index contributed by atoms with van der Waals surface area (Å²) in [5.41, 5.74) is 0. The summed E-state index contributed by atoms with van der Waals surface area (Å²) >= 11 is 1.55. The molecule has 0 aliphatic carbocycles. The van der Waals surface area contributed by atoms with Gasteiger partial charge in [-0.2, -0.15) is 0 Å². The van der Waals surface area contributed by atoms with Crippen LogP contribution in [0.5, 0.6) is 0 Å². The summed E-state index contributed by atoms with van der Waals surface area (Å²) in [5, 5.41) is 18.7. The zero-order valence-electron chi connectivity index (χ0n) is 14.1. The first kappa shape index (κ1) is 16.2. The predicted octanol–water partition coefficient (Wildman–Crippen LogP) is 2.54. The molecule has 4 rings (SSSR count). The molecule has 3 aromatic rings. The maximum absolute atomic E-state index is 12.9. The number of hydrogen-bond donors (Lipinski definition) is 1. The molecular formula is C18H20N4O2S. The first-order valence-corrected chi connectivity index (χ1v) is 9.26. The van der Waals surface area contributed by atoms with E-state index in [2.05, 4.69) is 10.2 Å². The van der Waals surface area contributed by atoms with Crippen LogP contribution in [0, 0.1) is 0 Å². The van der Waals surface area contributed by atoms with Gasteiger partial charge in [0.15, 0.2) is 5.82 Å². The van der Waals surface area contributed by atoms with Crippen LogP contribution in [-0.2, 0) is 13.7 Å². The van der Waals surface area contributed by atoms with Crippen LogP contribution in [0.25, 0.3) is 10.1 Å². The minimum atomic E-state index is -0.124. The molecule has 0 saturated carbocycles. The number of aliphatic hydroxyl groups excluding tert-OH is 1. The maximum atomic E-state index is 12.9. The van der Waals surface area contributed by atoms with Crippen molar-refractivity contribution in [3.05, 3.63) is 46.9 Å². The Morgan fingerprint density at radius 1 is 1.36 bits per heavy atom. The summed E-state index contributed by atoms with van der Waals surface area (Å²) in [6, 6.07) is 10.1. The Kier molecular flexibility index (Phi) is 4.27. The van der Waals surface area contributed by atoms with Crippen LogP contribution in [0.4, 0.5) is 0 Å². The second-order valence-electron chi connectivity index (χ2n) is 6.43. The van der Waals surface area contributed by atoms with Gasteiger partial charge in [-0.25, -0.2) is 0 Å². The second kappa shape index (κ2) is 6.57. The number of benzene rings is 1. The van der Waals surface area contributed by atoms with Crippen molar-refractivity contribution in [1.29, 1.82) is 0 Å². The van der Waals surface area contributed by atoms with Crippen LogP contribution < -0.4 is 0 Å². The highest BCUT2D eigenvalue weighted by molar-refractivity contribution is 7.20. The van der Waals surface area contributed by atoms with Crippen molar-refractivity contribution in [2.75, 3.05) is 13.1 Å². The molecule has 1 aliphatic heterocycles. The summed E-state index contributed by atoms with van der Waals surface area (Å²) in [6.45, 7) is 1.29. The molecule has 130 valence electrons.